The highest BCUT2D eigenvalue weighted by Crippen LogP contribution is 2.41. The van der Waals surface area contributed by atoms with E-state index in [1.54, 1.807) is 11.4 Å². The number of benzene rings is 1. The summed E-state index contributed by atoms with van der Waals surface area (Å²) in [6, 6.07) is 5.68. The van der Waals surface area contributed by atoms with Gasteiger partial charge in [-0.3, -0.25) is 4.79 Å². The Kier molecular flexibility index (Phi) is 6.14. The van der Waals surface area contributed by atoms with E-state index in [1.165, 1.54) is 39.5 Å². The zero-order valence-electron chi connectivity index (χ0n) is 14.1. The lowest BCUT2D eigenvalue weighted by Crippen LogP contribution is -2.20. The van der Waals surface area contributed by atoms with Crippen LogP contribution in [0.1, 0.15) is 9.67 Å². The molecule has 0 radical (unpaired) electrons. The molecule has 0 saturated carbocycles. The van der Waals surface area contributed by atoms with Crippen LogP contribution in [0.5, 0.6) is 17.2 Å². The third-order valence-corrected chi connectivity index (χ3v) is 4.17. The van der Waals surface area contributed by atoms with Crippen LogP contribution in [0.2, 0.25) is 0 Å². The number of ketones is 1. The van der Waals surface area contributed by atoms with Crippen molar-refractivity contribution in [3.05, 3.63) is 46.3 Å². The molecular weight excluding hydrogens is 371 g/mol. The first-order valence-electron chi connectivity index (χ1n) is 7.24. The van der Waals surface area contributed by atoms with Gasteiger partial charge in [-0.25, -0.2) is 0 Å². The van der Waals surface area contributed by atoms with Crippen LogP contribution in [0.25, 0.3) is 0 Å². The quantitative estimate of drug-likeness (QED) is 0.559. The Morgan fingerprint density at radius 2 is 1.73 bits per heavy atom. The Bertz CT molecular complexity index is 776. The third kappa shape index (κ3) is 4.48. The van der Waals surface area contributed by atoms with E-state index < -0.39 is 17.7 Å². The number of methoxy groups -OCH3 is 3. The maximum absolute atomic E-state index is 13.4. The van der Waals surface area contributed by atoms with Gasteiger partial charge in [-0.05, 0) is 11.4 Å². The van der Waals surface area contributed by atoms with Crippen molar-refractivity contribution in [3.8, 4) is 17.2 Å². The maximum atomic E-state index is 13.4. The maximum Gasteiger partial charge on any atom is 0.431 e. The first-order valence-corrected chi connectivity index (χ1v) is 8.12. The number of nitrogens with one attached hydrogen (secondary N) is 1. The Labute approximate surface area is 152 Å². The van der Waals surface area contributed by atoms with E-state index in [9.17, 15) is 18.0 Å². The van der Waals surface area contributed by atoms with E-state index in [1.807, 2.05) is 0 Å². The van der Waals surface area contributed by atoms with E-state index in [2.05, 4.69) is 5.32 Å². The van der Waals surface area contributed by atoms with Gasteiger partial charge in [-0.2, -0.15) is 13.2 Å². The molecule has 1 heterocycles. The van der Waals surface area contributed by atoms with Gasteiger partial charge in [0.05, 0.1) is 26.2 Å². The topological polar surface area (TPSA) is 56.8 Å². The Morgan fingerprint density at radius 1 is 1.12 bits per heavy atom. The second-order valence-corrected chi connectivity index (χ2v) is 5.88. The summed E-state index contributed by atoms with van der Waals surface area (Å²) in [4.78, 5) is 12.2. The summed E-state index contributed by atoms with van der Waals surface area (Å²) in [6.07, 6.45) is -4.23. The molecule has 0 bridgehead atoms. The van der Waals surface area contributed by atoms with Crippen molar-refractivity contribution in [3.63, 3.8) is 0 Å². The van der Waals surface area contributed by atoms with Gasteiger partial charge in [0.15, 0.2) is 17.3 Å². The van der Waals surface area contributed by atoms with Gasteiger partial charge in [0.1, 0.15) is 5.70 Å². The second kappa shape index (κ2) is 8.13. The molecule has 0 unspecified atom stereocenters. The average molecular weight is 387 g/mol. The van der Waals surface area contributed by atoms with Crippen molar-refractivity contribution in [2.45, 2.75) is 6.18 Å². The van der Waals surface area contributed by atoms with Gasteiger partial charge in [0, 0.05) is 23.9 Å². The zero-order chi connectivity index (χ0) is 19.3. The molecule has 1 N–H and O–H groups in total. The molecule has 5 nitrogen and oxygen atoms in total. The van der Waals surface area contributed by atoms with Gasteiger partial charge in [0.2, 0.25) is 5.75 Å². The van der Waals surface area contributed by atoms with E-state index in [-0.39, 0.29) is 27.8 Å². The molecule has 2 aromatic rings. The van der Waals surface area contributed by atoms with Crippen LogP contribution >= 0.6 is 11.3 Å². The number of carbonyl (C=O) groups excluding carboxylic acids is 1. The zero-order valence-corrected chi connectivity index (χ0v) is 15.0. The normalized spacial score (nSPS) is 11.8. The highest BCUT2D eigenvalue weighted by Gasteiger charge is 2.35. The molecule has 9 heteroatoms. The van der Waals surface area contributed by atoms with Crippen LogP contribution in [-0.2, 0) is 0 Å². The number of hydrogen-bond donors (Lipinski definition) is 1. The van der Waals surface area contributed by atoms with E-state index in [4.69, 9.17) is 14.2 Å². The fraction of sp³-hybridized carbons (Fsp3) is 0.235. The fourth-order valence-electron chi connectivity index (χ4n) is 2.12. The molecule has 2 rings (SSSR count). The number of alkyl halides is 3. The van der Waals surface area contributed by atoms with Gasteiger partial charge in [-0.1, -0.05) is 6.07 Å². The predicted octanol–water partition coefficient (Wildman–Crippen LogP) is 4.51. The minimum atomic E-state index is -4.76. The summed E-state index contributed by atoms with van der Waals surface area (Å²) in [7, 11) is 4.08. The minimum absolute atomic E-state index is 0.0297. The summed E-state index contributed by atoms with van der Waals surface area (Å²) in [5.74, 6) is -0.138. The third-order valence-electron chi connectivity index (χ3n) is 3.29. The minimum Gasteiger partial charge on any atom is -0.493 e. The van der Waals surface area contributed by atoms with Crippen LogP contribution in [0, 0.1) is 0 Å². The predicted molar refractivity (Wildman–Crippen MR) is 92.5 cm³/mol. The molecule has 1 aromatic carbocycles. The SMILES string of the molecule is COc1cc(NC(=CC(=O)c2cccs2)C(F)(F)F)cc(OC)c1OC. The fourth-order valence-corrected chi connectivity index (χ4v) is 2.75. The molecular formula is C17H16F3NO4S. The average Bonchev–Trinajstić information content (AvgIpc) is 3.14. The Morgan fingerprint density at radius 3 is 2.15 bits per heavy atom. The number of rotatable bonds is 7. The lowest BCUT2D eigenvalue weighted by atomic mass is 10.2. The van der Waals surface area contributed by atoms with Gasteiger partial charge >= 0.3 is 6.18 Å². The summed E-state index contributed by atoms with van der Waals surface area (Å²) < 4.78 is 55.4. The van der Waals surface area contributed by atoms with Crippen molar-refractivity contribution >= 4 is 22.8 Å². The van der Waals surface area contributed by atoms with Crippen molar-refractivity contribution in [2.24, 2.45) is 0 Å². The summed E-state index contributed by atoms with van der Waals surface area (Å²) in [5.41, 5.74) is -1.17. The van der Waals surface area contributed by atoms with Crippen LogP contribution in [-0.4, -0.2) is 33.3 Å². The molecule has 140 valence electrons. The molecule has 26 heavy (non-hydrogen) atoms. The van der Waals surface area contributed by atoms with Crippen LogP contribution < -0.4 is 19.5 Å². The van der Waals surface area contributed by atoms with E-state index in [0.29, 0.717) is 6.08 Å². The highest BCUT2D eigenvalue weighted by molar-refractivity contribution is 7.12. The standard InChI is InChI=1S/C17H16F3NO4S/c1-23-12-7-10(8-13(24-2)16(12)25-3)21-15(17(18,19)20)9-11(22)14-5-4-6-26-14/h4-9,21H,1-3H3. The molecule has 1 aromatic heterocycles. The number of ether oxygens (including phenoxy) is 3. The molecule has 0 fully saturated rings. The molecule has 0 amide bonds. The second-order valence-electron chi connectivity index (χ2n) is 4.94. The first kappa shape index (κ1) is 19.6. The molecule has 0 aliphatic carbocycles. The van der Waals surface area contributed by atoms with Crippen LogP contribution in [0.4, 0.5) is 18.9 Å². The first-order chi connectivity index (χ1) is 12.3. The highest BCUT2D eigenvalue weighted by atomic mass is 32.1. The Balaban J connectivity index is 2.42. The van der Waals surface area contributed by atoms with Crippen LogP contribution in [0.3, 0.4) is 0 Å². The molecule has 0 atom stereocenters. The Hall–Kier alpha value is -2.68. The number of thiophene rings is 1. The van der Waals surface area contributed by atoms with Gasteiger partial charge < -0.3 is 19.5 Å². The molecule has 0 aliphatic rings. The molecule has 0 aliphatic heterocycles. The van der Waals surface area contributed by atoms with Gasteiger partial charge in [-0.15, -0.1) is 11.3 Å². The van der Waals surface area contributed by atoms with Crippen molar-refractivity contribution < 1.29 is 32.2 Å². The number of halogens is 3. The smallest absolute Gasteiger partial charge is 0.431 e. The largest absolute Gasteiger partial charge is 0.493 e. The number of hydrogen-bond acceptors (Lipinski definition) is 6. The van der Waals surface area contributed by atoms with Crippen molar-refractivity contribution in [1.82, 2.24) is 0 Å². The van der Waals surface area contributed by atoms with E-state index >= 15 is 0 Å². The van der Waals surface area contributed by atoms with Crippen molar-refractivity contribution in [1.29, 1.82) is 0 Å². The lowest BCUT2D eigenvalue weighted by Gasteiger charge is -2.17. The number of allylic oxidation sites excluding steroid dienone is 2. The molecule has 0 saturated heterocycles. The van der Waals surface area contributed by atoms with E-state index in [0.717, 1.165) is 11.3 Å². The number of anilines is 1. The monoisotopic (exact) mass is 387 g/mol. The van der Waals surface area contributed by atoms with Crippen LogP contribution in [0.15, 0.2) is 41.4 Å². The summed E-state index contributed by atoms with van der Waals surface area (Å²) >= 11 is 1.06. The number of carbonyl (C=O) groups is 1. The summed E-state index contributed by atoms with van der Waals surface area (Å²) in [6.45, 7) is 0. The van der Waals surface area contributed by atoms with Crippen molar-refractivity contribution in [2.75, 3.05) is 26.6 Å². The molecule has 0 spiro atoms. The van der Waals surface area contributed by atoms with Gasteiger partial charge in [0.25, 0.3) is 0 Å². The summed E-state index contributed by atoms with van der Waals surface area (Å²) in [5, 5.41) is 3.83. The lowest BCUT2D eigenvalue weighted by molar-refractivity contribution is -0.0903.